The van der Waals surface area contributed by atoms with Crippen molar-refractivity contribution in [3.63, 3.8) is 0 Å². The number of hydrogen-bond donors (Lipinski definition) is 0. The molecule has 0 radical (unpaired) electrons. The number of nitrogens with zero attached hydrogens (tertiary/aromatic N) is 3. The smallest absolute Gasteiger partial charge is 0.163 e. The Kier molecular flexibility index (Phi) is 3.27. The minimum Gasteiger partial charge on any atom is -0.311 e. The summed E-state index contributed by atoms with van der Waals surface area (Å²) in [6, 6.07) is 8.96. The van der Waals surface area contributed by atoms with Crippen molar-refractivity contribution in [3.8, 4) is 11.4 Å². The summed E-state index contributed by atoms with van der Waals surface area (Å²) in [7, 11) is 0. The summed E-state index contributed by atoms with van der Waals surface area (Å²) in [5.41, 5.74) is 2.48. The molecule has 1 heterocycles. The zero-order valence-corrected chi connectivity index (χ0v) is 10.9. The molecule has 3 heteroatoms. The molecule has 90 valence electrons. The van der Waals surface area contributed by atoms with Crippen LogP contribution in [0, 0.1) is 0 Å². The molecule has 0 saturated heterocycles. The van der Waals surface area contributed by atoms with Gasteiger partial charge < -0.3 is 4.57 Å². The highest BCUT2D eigenvalue weighted by Crippen LogP contribution is 2.22. The van der Waals surface area contributed by atoms with Crippen LogP contribution in [-0.2, 0) is 0 Å². The molecule has 0 aliphatic rings. The van der Waals surface area contributed by atoms with Crippen LogP contribution < -0.4 is 0 Å². The normalized spacial score (nSPS) is 11.4. The zero-order valence-electron chi connectivity index (χ0n) is 10.9. The van der Waals surface area contributed by atoms with Crippen LogP contribution in [0.3, 0.4) is 0 Å². The maximum atomic E-state index is 4.20. The molecule has 0 aliphatic carbocycles. The molecule has 1 aromatic heterocycles. The van der Waals surface area contributed by atoms with Gasteiger partial charge in [-0.15, -0.1) is 10.2 Å². The van der Waals surface area contributed by atoms with Gasteiger partial charge >= 0.3 is 0 Å². The van der Waals surface area contributed by atoms with Crippen LogP contribution in [0.2, 0.25) is 0 Å². The van der Waals surface area contributed by atoms with Gasteiger partial charge in [0.2, 0.25) is 0 Å². The van der Waals surface area contributed by atoms with E-state index in [1.165, 1.54) is 5.56 Å². The van der Waals surface area contributed by atoms with Gasteiger partial charge in [0, 0.05) is 11.6 Å². The predicted molar refractivity (Wildman–Crippen MR) is 69.9 cm³/mol. The topological polar surface area (TPSA) is 30.7 Å². The van der Waals surface area contributed by atoms with Crippen molar-refractivity contribution in [2.45, 2.75) is 39.7 Å². The van der Waals surface area contributed by atoms with Crippen molar-refractivity contribution in [1.82, 2.24) is 14.8 Å². The largest absolute Gasteiger partial charge is 0.311 e. The zero-order chi connectivity index (χ0) is 12.4. The number of benzene rings is 1. The Labute approximate surface area is 103 Å². The molecule has 1 aromatic carbocycles. The Bertz CT molecular complexity index is 480. The minimum absolute atomic E-state index is 0.379. The molecule has 3 nitrogen and oxygen atoms in total. The summed E-state index contributed by atoms with van der Waals surface area (Å²) >= 11 is 0. The van der Waals surface area contributed by atoms with Crippen LogP contribution in [0.15, 0.2) is 30.6 Å². The highest BCUT2D eigenvalue weighted by Gasteiger charge is 2.09. The van der Waals surface area contributed by atoms with Gasteiger partial charge in [-0.1, -0.05) is 38.1 Å². The van der Waals surface area contributed by atoms with Gasteiger partial charge in [-0.2, -0.15) is 0 Å². The lowest BCUT2D eigenvalue weighted by Gasteiger charge is -2.11. The molecule has 0 fully saturated rings. The van der Waals surface area contributed by atoms with E-state index in [0.29, 0.717) is 12.0 Å². The first-order chi connectivity index (χ1) is 8.09. The predicted octanol–water partition coefficient (Wildman–Crippen LogP) is 3.65. The van der Waals surface area contributed by atoms with Gasteiger partial charge in [0.15, 0.2) is 5.82 Å². The van der Waals surface area contributed by atoms with Crippen LogP contribution in [0.5, 0.6) is 0 Å². The van der Waals surface area contributed by atoms with E-state index in [1.54, 1.807) is 6.33 Å². The Morgan fingerprint density at radius 2 is 1.65 bits per heavy atom. The summed E-state index contributed by atoms with van der Waals surface area (Å²) in [6.07, 6.45) is 1.79. The first kappa shape index (κ1) is 11.8. The molecular formula is C14H19N3. The summed E-state index contributed by atoms with van der Waals surface area (Å²) in [5.74, 6) is 1.50. The molecular weight excluding hydrogens is 210 g/mol. The van der Waals surface area contributed by atoms with E-state index in [2.05, 4.69) is 66.7 Å². The molecule has 17 heavy (non-hydrogen) atoms. The molecule has 2 aromatic rings. The van der Waals surface area contributed by atoms with E-state index in [4.69, 9.17) is 0 Å². The quantitative estimate of drug-likeness (QED) is 0.804. The lowest BCUT2D eigenvalue weighted by atomic mass is 10.0. The highest BCUT2D eigenvalue weighted by atomic mass is 15.3. The maximum absolute atomic E-state index is 4.20. The average Bonchev–Trinajstić information content (AvgIpc) is 2.78. The van der Waals surface area contributed by atoms with E-state index in [-0.39, 0.29) is 0 Å². The van der Waals surface area contributed by atoms with E-state index in [0.717, 1.165) is 11.4 Å². The fourth-order valence-corrected chi connectivity index (χ4v) is 1.84. The molecule has 0 N–H and O–H groups in total. The van der Waals surface area contributed by atoms with Crippen molar-refractivity contribution in [2.75, 3.05) is 0 Å². The van der Waals surface area contributed by atoms with Gasteiger partial charge in [-0.05, 0) is 25.3 Å². The maximum Gasteiger partial charge on any atom is 0.163 e. The third-order valence-electron chi connectivity index (χ3n) is 2.96. The Morgan fingerprint density at radius 3 is 2.18 bits per heavy atom. The summed E-state index contributed by atoms with van der Waals surface area (Å²) in [5, 5.41) is 8.19. The summed E-state index contributed by atoms with van der Waals surface area (Å²) in [6.45, 7) is 8.67. The minimum atomic E-state index is 0.379. The van der Waals surface area contributed by atoms with Crippen LogP contribution in [-0.4, -0.2) is 14.8 Å². The lowest BCUT2D eigenvalue weighted by molar-refractivity contribution is 0.604. The Hall–Kier alpha value is -1.64. The van der Waals surface area contributed by atoms with Gasteiger partial charge in [-0.25, -0.2) is 0 Å². The number of hydrogen-bond acceptors (Lipinski definition) is 2. The van der Waals surface area contributed by atoms with E-state index in [9.17, 15) is 0 Å². The highest BCUT2D eigenvalue weighted by molar-refractivity contribution is 5.55. The third-order valence-corrected chi connectivity index (χ3v) is 2.96. The molecule has 0 bridgehead atoms. The van der Waals surface area contributed by atoms with Crippen LogP contribution in [0.1, 0.15) is 45.2 Å². The molecule has 0 spiro atoms. The number of aromatic nitrogens is 3. The fourth-order valence-electron chi connectivity index (χ4n) is 1.84. The second-order valence-corrected chi connectivity index (χ2v) is 4.93. The fraction of sp³-hybridized carbons (Fsp3) is 0.429. The molecule has 0 saturated carbocycles. The summed E-state index contributed by atoms with van der Waals surface area (Å²) in [4.78, 5) is 0. The Morgan fingerprint density at radius 1 is 1.00 bits per heavy atom. The molecule has 0 amide bonds. The molecule has 2 rings (SSSR count). The van der Waals surface area contributed by atoms with Crippen LogP contribution in [0.4, 0.5) is 0 Å². The van der Waals surface area contributed by atoms with Crippen molar-refractivity contribution < 1.29 is 0 Å². The number of rotatable bonds is 3. The average molecular weight is 229 g/mol. The second-order valence-electron chi connectivity index (χ2n) is 4.93. The molecule has 0 unspecified atom stereocenters. The summed E-state index contributed by atoms with van der Waals surface area (Å²) < 4.78 is 2.09. The van der Waals surface area contributed by atoms with Crippen LogP contribution in [0.25, 0.3) is 11.4 Å². The van der Waals surface area contributed by atoms with Crippen LogP contribution >= 0.6 is 0 Å². The van der Waals surface area contributed by atoms with Gasteiger partial charge in [0.05, 0.1) is 0 Å². The standard InChI is InChI=1S/C14H19N3/c1-10(2)12-5-7-13(8-6-12)14-16-15-9-17(14)11(3)4/h5-11H,1-4H3. The van der Waals surface area contributed by atoms with Crippen molar-refractivity contribution in [1.29, 1.82) is 0 Å². The monoisotopic (exact) mass is 229 g/mol. The lowest BCUT2D eigenvalue weighted by Crippen LogP contribution is -2.01. The third kappa shape index (κ3) is 2.38. The van der Waals surface area contributed by atoms with E-state index >= 15 is 0 Å². The molecule has 0 aliphatic heterocycles. The van der Waals surface area contributed by atoms with Crippen molar-refractivity contribution >= 4 is 0 Å². The van der Waals surface area contributed by atoms with Crippen molar-refractivity contribution in [3.05, 3.63) is 36.2 Å². The first-order valence-corrected chi connectivity index (χ1v) is 6.09. The van der Waals surface area contributed by atoms with Gasteiger partial charge in [0.1, 0.15) is 6.33 Å². The van der Waals surface area contributed by atoms with E-state index < -0.39 is 0 Å². The van der Waals surface area contributed by atoms with Gasteiger partial charge in [-0.3, -0.25) is 0 Å². The first-order valence-electron chi connectivity index (χ1n) is 6.09. The van der Waals surface area contributed by atoms with Crippen molar-refractivity contribution in [2.24, 2.45) is 0 Å². The molecule has 0 atom stereocenters. The van der Waals surface area contributed by atoms with Gasteiger partial charge in [0.25, 0.3) is 0 Å². The second kappa shape index (κ2) is 4.70. The van der Waals surface area contributed by atoms with E-state index in [1.807, 2.05) is 0 Å². The Balaban J connectivity index is 2.37. The SMILES string of the molecule is CC(C)c1ccc(-c2nncn2C(C)C)cc1.